The summed E-state index contributed by atoms with van der Waals surface area (Å²) >= 11 is 1.32. The van der Waals surface area contributed by atoms with Crippen LogP contribution in [-0.4, -0.2) is 66.9 Å². The monoisotopic (exact) mass is 560 g/mol. The minimum atomic E-state index is -3.33. The van der Waals surface area contributed by atoms with E-state index in [0.717, 1.165) is 49.8 Å². The number of hydrogen-bond donors (Lipinski definition) is 1. The number of anilines is 1. The summed E-state index contributed by atoms with van der Waals surface area (Å²) < 4.78 is 31.1. The SMILES string of the molecule is O=CN1CCC(OCc2cnc(NC(=O)/C(=N/OC3CCCC3)c3ccc(S(=O)(=O)C4CC4)cc3)s2)CC1. The van der Waals surface area contributed by atoms with Crippen LogP contribution >= 0.6 is 11.3 Å². The number of sulfone groups is 1. The van der Waals surface area contributed by atoms with E-state index in [1.807, 2.05) is 0 Å². The van der Waals surface area contributed by atoms with Crippen LogP contribution in [0, 0.1) is 0 Å². The van der Waals surface area contributed by atoms with Gasteiger partial charge in [0.05, 0.1) is 27.7 Å². The van der Waals surface area contributed by atoms with E-state index in [1.165, 1.54) is 23.5 Å². The molecule has 1 aliphatic heterocycles. The predicted octanol–water partition coefficient (Wildman–Crippen LogP) is 3.52. The van der Waals surface area contributed by atoms with Crippen molar-refractivity contribution >= 4 is 44.3 Å². The summed E-state index contributed by atoms with van der Waals surface area (Å²) in [4.78, 5) is 37.0. The van der Waals surface area contributed by atoms with Crippen LogP contribution in [0.3, 0.4) is 0 Å². The fraction of sp³-hybridized carbons (Fsp3) is 0.538. The summed E-state index contributed by atoms with van der Waals surface area (Å²) in [5.74, 6) is -0.483. The number of thiazole rings is 1. The number of nitrogens with one attached hydrogen (secondary N) is 1. The summed E-state index contributed by atoms with van der Waals surface area (Å²) in [7, 11) is -3.33. The van der Waals surface area contributed by atoms with Gasteiger partial charge in [0.15, 0.2) is 20.7 Å². The lowest BCUT2D eigenvalue weighted by atomic mass is 10.1. The number of carbonyl (C=O) groups excluding carboxylic acids is 2. The molecule has 38 heavy (non-hydrogen) atoms. The van der Waals surface area contributed by atoms with Gasteiger partial charge in [-0.05, 0) is 63.5 Å². The molecule has 12 heteroatoms. The molecule has 2 aromatic rings. The van der Waals surface area contributed by atoms with Crippen molar-refractivity contribution in [1.82, 2.24) is 9.88 Å². The molecule has 2 amide bonds. The summed E-state index contributed by atoms with van der Waals surface area (Å²) in [5, 5.41) is 7.11. The van der Waals surface area contributed by atoms with Crippen LogP contribution in [0.1, 0.15) is 61.8 Å². The molecule has 2 aliphatic carbocycles. The van der Waals surface area contributed by atoms with Gasteiger partial charge in [0, 0.05) is 24.8 Å². The standard InChI is InChI=1S/C26H32N4O6S2/c31-17-30-13-11-19(12-14-30)35-16-21-15-27-26(37-21)28-25(32)24(29-36-20-3-1-2-4-20)18-5-7-22(8-6-18)38(33,34)23-9-10-23/h5-8,15,17,19-20,23H,1-4,9-14,16H2,(H,27,28,32)/b29-24+. The number of nitrogens with zero attached hydrogens (tertiary/aromatic N) is 3. The zero-order valence-electron chi connectivity index (χ0n) is 21.1. The van der Waals surface area contributed by atoms with Crippen LogP contribution in [-0.2, 0) is 35.6 Å². The third kappa shape index (κ3) is 6.59. The van der Waals surface area contributed by atoms with E-state index < -0.39 is 15.7 Å². The predicted molar refractivity (Wildman–Crippen MR) is 143 cm³/mol. The molecule has 3 fully saturated rings. The third-order valence-corrected chi connectivity index (χ3v) is 10.3. The highest BCUT2D eigenvalue weighted by Crippen LogP contribution is 2.33. The van der Waals surface area contributed by atoms with Gasteiger partial charge < -0.3 is 14.5 Å². The number of amides is 2. The van der Waals surface area contributed by atoms with Gasteiger partial charge in [-0.15, -0.1) is 0 Å². The van der Waals surface area contributed by atoms with Crippen LogP contribution < -0.4 is 5.32 Å². The first-order chi connectivity index (χ1) is 18.4. The largest absolute Gasteiger partial charge is 0.392 e. The van der Waals surface area contributed by atoms with E-state index in [4.69, 9.17) is 9.57 Å². The molecule has 5 rings (SSSR count). The molecule has 0 atom stereocenters. The van der Waals surface area contributed by atoms with E-state index in [1.54, 1.807) is 23.2 Å². The topological polar surface area (TPSA) is 127 Å². The average Bonchev–Trinajstić information content (AvgIpc) is 3.51. The Labute approximate surface area is 226 Å². The Kier molecular flexibility index (Phi) is 8.39. The van der Waals surface area contributed by atoms with E-state index in [-0.39, 0.29) is 28.1 Å². The number of rotatable bonds is 11. The van der Waals surface area contributed by atoms with E-state index in [2.05, 4.69) is 15.5 Å². The minimum Gasteiger partial charge on any atom is -0.392 e. The Morgan fingerprint density at radius 2 is 1.79 bits per heavy atom. The zero-order valence-corrected chi connectivity index (χ0v) is 22.7. The van der Waals surface area contributed by atoms with Crippen LogP contribution in [0.5, 0.6) is 0 Å². The summed E-state index contributed by atoms with van der Waals surface area (Å²) in [6.07, 6.45) is 9.47. The Bertz CT molecular complexity index is 1260. The molecule has 0 unspecified atom stereocenters. The fourth-order valence-electron chi connectivity index (χ4n) is 4.66. The number of likely N-dealkylation sites (tertiary alicyclic amines) is 1. The van der Waals surface area contributed by atoms with Crippen molar-refractivity contribution in [1.29, 1.82) is 0 Å². The van der Waals surface area contributed by atoms with Crippen LogP contribution in [0.15, 0.2) is 40.5 Å². The van der Waals surface area contributed by atoms with Gasteiger partial charge in [-0.1, -0.05) is 28.6 Å². The lowest BCUT2D eigenvalue weighted by Crippen LogP contribution is -2.35. The molecule has 10 nitrogen and oxygen atoms in total. The fourth-order valence-corrected chi connectivity index (χ4v) is 7.04. The molecule has 1 aromatic carbocycles. The first-order valence-electron chi connectivity index (χ1n) is 13.1. The quantitative estimate of drug-likeness (QED) is 0.253. The van der Waals surface area contributed by atoms with Gasteiger partial charge in [0.25, 0.3) is 5.91 Å². The highest BCUT2D eigenvalue weighted by Gasteiger charge is 2.37. The number of ether oxygens (including phenoxy) is 1. The van der Waals surface area contributed by atoms with Crippen LogP contribution in [0.2, 0.25) is 0 Å². The van der Waals surface area contributed by atoms with Crippen molar-refractivity contribution in [3.05, 3.63) is 40.9 Å². The van der Waals surface area contributed by atoms with Crippen molar-refractivity contribution < 1.29 is 27.6 Å². The Morgan fingerprint density at radius 1 is 1.08 bits per heavy atom. The van der Waals surface area contributed by atoms with Gasteiger partial charge in [0.2, 0.25) is 6.41 Å². The van der Waals surface area contributed by atoms with Crippen LogP contribution in [0.25, 0.3) is 0 Å². The van der Waals surface area contributed by atoms with Gasteiger partial charge in [-0.3, -0.25) is 14.9 Å². The van der Waals surface area contributed by atoms with Crippen molar-refractivity contribution in [2.75, 3.05) is 18.4 Å². The molecule has 204 valence electrons. The molecule has 0 radical (unpaired) electrons. The number of benzene rings is 1. The molecular formula is C26H32N4O6S2. The molecular weight excluding hydrogens is 528 g/mol. The molecule has 1 N–H and O–H groups in total. The van der Waals surface area contributed by atoms with Crippen molar-refractivity contribution in [2.45, 2.75) is 80.3 Å². The average molecular weight is 561 g/mol. The summed E-state index contributed by atoms with van der Waals surface area (Å²) in [6.45, 7) is 1.76. The van der Waals surface area contributed by atoms with Crippen molar-refractivity contribution in [2.24, 2.45) is 5.16 Å². The second-order valence-corrected chi connectivity index (χ2v) is 13.3. The smallest absolute Gasteiger partial charge is 0.280 e. The molecule has 0 bridgehead atoms. The van der Waals surface area contributed by atoms with Gasteiger partial charge >= 0.3 is 0 Å². The highest BCUT2D eigenvalue weighted by atomic mass is 32.2. The second kappa shape index (κ2) is 11.9. The zero-order chi connectivity index (χ0) is 26.5. The molecule has 0 spiro atoms. The highest BCUT2D eigenvalue weighted by molar-refractivity contribution is 7.92. The van der Waals surface area contributed by atoms with Gasteiger partial charge in [-0.25, -0.2) is 13.4 Å². The van der Waals surface area contributed by atoms with Gasteiger partial charge in [-0.2, -0.15) is 0 Å². The number of aromatic nitrogens is 1. The Morgan fingerprint density at radius 3 is 2.45 bits per heavy atom. The number of piperidine rings is 1. The molecule has 2 heterocycles. The molecule has 1 saturated heterocycles. The minimum absolute atomic E-state index is 0.0330. The Balaban J connectivity index is 1.24. The molecule has 1 aromatic heterocycles. The van der Waals surface area contributed by atoms with Crippen LogP contribution in [0.4, 0.5) is 5.13 Å². The van der Waals surface area contributed by atoms with Crippen molar-refractivity contribution in [3.8, 4) is 0 Å². The van der Waals surface area contributed by atoms with E-state index in [9.17, 15) is 18.0 Å². The maximum Gasteiger partial charge on any atom is 0.280 e. The number of oxime groups is 1. The second-order valence-electron chi connectivity index (χ2n) is 9.96. The van der Waals surface area contributed by atoms with Crippen molar-refractivity contribution in [3.63, 3.8) is 0 Å². The van der Waals surface area contributed by atoms with E-state index >= 15 is 0 Å². The van der Waals surface area contributed by atoms with E-state index in [0.29, 0.717) is 43.2 Å². The molecule has 3 aliphatic rings. The maximum atomic E-state index is 13.3. The normalized spacial score (nSPS) is 19.5. The van der Waals surface area contributed by atoms with Gasteiger partial charge in [0.1, 0.15) is 6.10 Å². The number of carbonyl (C=O) groups is 2. The maximum absolute atomic E-state index is 13.3. The first kappa shape index (κ1) is 26.8. The Hall–Kier alpha value is -2.83. The molecule has 2 saturated carbocycles. The summed E-state index contributed by atoms with van der Waals surface area (Å²) in [6, 6.07) is 6.25. The third-order valence-electron chi connectivity index (χ3n) is 7.09. The summed E-state index contributed by atoms with van der Waals surface area (Å²) in [5.41, 5.74) is 0.541. The lowest BCUT2D eigenvalue weighted by Gasteiger charge is -2.28. The number of hydrogen-bond acceptors (Lipinski definition) is 9. The first-order valence-corrected chi connectivity index (χ1v) is 15.4. The lowest BCUT2D eigenvalue weighted by molar-refractivity contribution is -0.120.